The highest BCUT2D eigenvalue weighted by atomic mass is 16.2. The number of hydrazine groups is 1. The maximum absolute atomic E-state index is 11.5. The van der Waals surface area contributed by atoms with Crippen molar-refractivity contribution in [1.82, 2.24) is 10.4 Å². The first-order valence-corrected chi connectivity index (χ1v) is 5.60. The molecule has 0 aliphatic carbocycles. The minimum Gasteiger partial charge on any atom is -0.285 e. The van der Waals surface area contributed by atoms with Crippen LogP contribution in [0.1, 0.15) is 33.1 Å². The lowest BCUT2D eigenvalue weighted by Gasteiger charge is -2.32. The number of amides is 1. The highest BCUT2D eigenvalue weighted by Crippen LogP contribution is 2.13. The maximum Gasteiger partial charge on any atom is 0.258 e. The zero-order valence-corrected chi connectivity index (χ0v) is 9.57. The summed E-state index contributed by atoms with van der Waals surface area (Å²) < 4.78 is 0. The van der Waals surface area contributed by atoms with Crippen LogP contribution in [-0.2, 0) is 4.79 Å². The van der Waals surface area contributed by atoms with Gasteiger partial charge in [0.15, 0.2) is 0 Å². The first-order chi connectivity index (χ1) is 7.24. The van der Waals surface area contributed by atoms with Crippen LogP contribution in [0, 0.1) is 0 Å². The molecule has 3 nitrogen and oxygen atoms in total. The van der Waals surface area contributed by atoms with E-state index in [-0.39, 0.29) is 5.91 Å². The van der Waals surface area contributed by atoms with Crippen LogP contribution in [0.15, 0.2) is 24.3 Å². The zero-order chi connectivity index (χ0) is 11.1. The van der Waals surface area contributed by atoms with Crippen LogP contribution in [0.5, 0.6) is 0 Å². The number of carbonyl (C=O) groups is 1. The molecule has 1 fully saturated rings. The van der Waals surface area contributed by atoms with Crippen LogP contribution >= 0.6 is 0 Å². The third-order valence-corrected chi connectivity index (χ3v) is 2.61. The van der Waals surface area contributed by atoms with E-state index in [1.807, 2.05) is 24.1 Å². The van der Waals surface area contributed by atoms with Crippen molar-refractivity contribution in [2.75, 3.05) is 6.54 Å². The summed E-state index contributed by atoms with van der Waals surface area (Å²) >= 11 is 0. The fourth-order valence-corrected chi connectivity index (χ4v) is 1.70. The Labute approximate surface area is 91.8 Å². The van der Waals surface area contributed by atoms with Crippen molar-refractivity contribution in [3.05, 3.63) is 24.3 Å². The summed E-state index contributed by atoms with van der Waals surface area (Å²) in [6.07, 6.45) is 10.7. The Kier molecular flexibility index (Phi) is 5.12. The average molecular weight is 208 g/mol. The van der Waals surface area contributed by atoms with Crippen LogP contribution in [0.2, 0.25) is 0 Å². The van der Waals surface area contributed by atoms with Crippen molar-refractivity contribution in [2.24, 2.45) is 0 Å². The van der Waals surface area contributed by atoms with Gasteiger partial charge >= 0.3 is 0 Å². The Morgan fingerprint density at radius 3 is 2.87 bits per heavy atom. The van der Waals surface area contributed by atoms with Gasteiger partial charge in [-0.15, -0.1) is 0 Å². The van der Waals surface area contributed by atoms with Gasteiger partial charge in [-0.05, 0) is 26.7 Å². The molecule has 1 N–H and O–H groups in total. The highest BCUT2D eigenvalue weighted by molar-refractivity contribution is 5.87. The van der Waals surface area contributed by atoms with E-state index in [9.17, 15) is 4.79 Å². The van der Waals surface area contributed by atoms with Crippen molar-refractivity contribution >= 4 is 5.91 Å². The summed E-state index contributed by atoms with van der Waals surface area (Å²) in [5, 5.41) is 2.03. The van der Waals surface area contributed by atoms with Gasteiger partial charge in [-0.1, -0.05) is 24.6 Å². The number of piperidine rings is 1. The third kappa shape index (κ3) is 4.30. The molecule has 1 amide bonds. The molecule has 1 aliphatic rings. The number of nitrogens with one attached hydrogen (secondary N) is 1. The quantitative estimate of drug-likeness (QED) is 0.568. The molecule has 0 saturated carbocycles. The van der Waals surface area contributed by atoms with Gasteiger partial charge in [-0.25, -0.2) is 5.01 Å². The number of hydrogen-bond acceptors (Lipinski definition) is 2. The SMILES string of the molecule is C/C=C/C=C/C(=O)NN1CCCCC1C. The third-order valence-electron chi connectivity index (χ3n) is 2.61. The fraction of sp³-hybridized carbons (Fsp3) is 0.583. The van der Waals surface area contributed by atoms with Gasteiger partial charge in [0.2, 0.25) is 0 Å². The Hall–Kier alpha value is -1.09. The molecule has 3 heteroatoms. The van der Waals surface area contributed by atoms with E-state index < -0.39 is 0 Å². The molecular weight excluding hydrogens is 188 g/mol. The minimum absolute atomic E-state index is 0.0400. The number of hydrogen-bond donors (Lipinski definition) is 1. The Morgan fingerprint density at radius 2 is 2.20 bits per heavy atom. The number of rotatable bonds is 3. The highest BCUT2D eigenvalue weighted by Gasteiger charge is 2.18. The van der Waals surface area contributed by atoms with Gasteiger partial charge in [0.05, 0.1) is 0 Å². The van der Waals surface area contributed by atoms with Crippen molar-refractivity contribution < 1.29 is 4.79 Å². The summed E-state index contributed by atoms with van der Waals surface area (Å²) in [5.74, 6) is -0.0400. The molecule has 1 saturated heterocycles. The zero-order valence-electron chi connectivity index (χ0n) is 9.57. The number of carbonyl (C=O) groups excluding carboxylic acids is 1. The van der Waals surface area contributed by atoms with E-state index in [1.54, 1.807) is 12.2 Å². The second-order valence-electron chi connectivity index (χ2n) is 3.90. The monoisotopic (exact) mass is 208 g/mol. The van der Waals surface area contributed by atoms with E-state index in [4.69, 9.17) is 0 Å². The normalized spacial score (nSPS) is 23.7. The van der Waals surface area contributed by atoms with Crippen molar-refractivity contribution in [3.8, 4) is 0 Å². The van der Waals surface area contributed by atoms with Gasteiger partial charge in [0.25, 0.3) is 5.91 Å². The topological polar surface area (TPSA) is 32.3 Å². The summed E-state index contributed by atoms with van der Waals surface area (Å²) in [4.78, 5) is 11.5. The van der Waals surface area contributed by atoms with E-state index in [2.05, 4.69) is 12.3 Å². The molecule has 84 valence electrons. The smallest absolute Gasteiger partial charge is 0.258 e. The maximum atomic E-state index is 11.5. The lowest BCUT2D eigenvalue weighted by Crippen LogP contribution is -2.49. The average Bonchev–Trinajstić information content (AvgIpc) is 2.22. The van der Waals surface area contributed by atoms with Crippen LogP contribution < -0.4 is 5.43 Å². The molecule has 0 aromatic rings. The molecule has 0 aromatic heterocycles. The Morgan fingerprint density at radius 1 is 1.40 bits per heavy atom. The summed E-state index contributed by atoms with van der Waals surface area (Å²) in [5.41, 5.74) is 2.90. The Balaban J connectivity index is 2.36. The van der Waals surface area contributed by atoms with Gasteiger partial charge in [-0.3, -0.25) is 10.2 Å². The first-order valence-electron chi connectivity index (χ1n) is 5.60. The predicted molar refractivity (Wildman–Crippen MR) is 62.1 cm³/mol. The number of nitrogens with zero attached hydrogens (tertiary/aromatic N) is 1. The van der Waals surface area contributed by atoms with Crippen LogP contribution in [0.3, 0.4) is 0 Å². The first kappa shape index (κ1) is 12.0. The lowest BCUT2D eigenvalue weighted by atomic mass is 10.1. The Bertz CT molecular complexity index is 258. The lowest BCUT2D eigenvalue weighted by molar-refractivity contribution is -0.122. The predicted octanol–water partition coefficient (Wildman–Crippen LogP) is 2.02. The molecule has 0 bridgehead atoms. The van der Waals surface area contributed by atoms with Crippen molar-refractivity contribution in [1.29, 1.82) is 0 Å². The molecule has 0 spiro atoms. The van der Waals surface area contributed by atoms with E-state index in [0.29, 0.717) is 6.04 Å². The summed E-state index contributed by atoms with van der Waals surface area (Å²) in [7, 11) is 0. The van der Waals surface area contributed by atoms with Crippen molar-refractivity contribution in [2.45, 2.75) is 39.2 Å². The second kappa shape index (κ2) is 6.40. The molecule has 1 heterocycles. The van der Waals surface area contributed by atoms with E-state index >= 15 is 0 Å². The summed E-state index contributed by atoms with van der Waals surface area (Å²) in [6.45, 7) is 5.04. The van der Waals surface area contributed by atoms with E-state index in [1.165, 1.54) is 19.3 Å². The van der Waals surface area contributed by atoms with Gasteiger partial charge in [0, 0.05) is 18.7 Å². The van der Waals surface area contributed by atoms with Crippen LogP contribution in [0.4, 0.5) is 0 Å². The molecule has 15 heavy (non-hydrogen) atoms. The van der Waals surface area contributed by atoms with Gasteiger partial charge in [0.1, 0.15) is 0 Å². The largest absolute Gasteiger partial charge is 0.285 e. The molecule has 0 radical (unpaired) electrons. The molecular formula is C12H20N2O. The minimum atomic E-state index is -0.0400. The van der Waals surface area contributed by atoms with Crippen LogP contribution in [0.25, 0.3) is 0 Å². The fourth-order valence-electron chi connectivity index (χ4n) is 1.70. The second-order valence-corrected chi connectivity index (χ2v) is 3.90. The molecule has 1 rings (SSSR count). The molecule has 1 atom stereocenters. The molecule has 0 aromatic carbocycles. The van der Waals surface area contributed by atoms with Crippen LogP contribution in [-0.4, -0.2) is 23.5 Å². The summed E-state index contributed by atoms with van der Waals surface area (Å²) in [6, 6.07) is 0.456. The van der Waals surface area contributed by atoms with E-state index in [0.717, 1.165) is 6.54 Å². The van der Waals surface area contributed by atoms with Gasteiger partial charge in [-0.2, -0.15) is 0 Å². The number of allylic oxidation sites excluding steroid dienone is 3. The molecule has 1 aliphatic heterocycles. The van der Waals surface area contributed by atoms with Gasteiger partial charge < -0.3 is 0 Å². The standard InChI is InChI=1S/C12H20N2O/c1-3-4-5-9-12(15)13-14-10-7-6-8-11(14)2/h3-5,9,11H,6-8,10H2,1-2H3,(H,13,15)/b4-3+,9-5+. The molecule has 1 unspecified atom stereocenters. The van der Waals surface area contributed by atoms with Crippen molar-refractivity contribution in [3.63, 3.8) is 0 Å².